The second-order valence-corrected chi connectivity index (χ2v) is 17.1. The van der Waals surface area contributed by atoms with Gasteiger partial charge in [-0.1, -0.05) is 76.2 Å². The topological polar surface area (TPSA) is 114 Å². The summed E-state index contributed by atoms with van der Waals surface area (Å²) >= 11 is 1.53. The molecule has 2 aromatic carbocycles. The minimum Gasteiger partial charge on any atom is -0.497 e. The first-order chi connectivity index (χ1) is 24.1. The van der Waals surface area contributed by atoms with Crippen molar-refractivity contribution < 1.29 is 33.4 Å². The molecule has 0 aliphatic heterocycles. The fraction of sp³-hybridized carbons (Fsp3) is 0.561. The molecule has 0 saturated heterocycles. The third kappa shape index (κ3) is 12.0. The molecule has 0 aliphatic rings. The predicted molar refractivity (Wildman–Crippen MR) is 209 cm³/mol. The van der Waals surface area contributed by atoms with E-state index in [1.807, 2.05) is 96.1 Å². The number of carbonyl (C=O) groups is 4. The molecule has 3 atom stereocenters. The number of rotatable bonds is 16. The van der Waals surface area contributed by atoms with Crippen molar-refractivity contribution in [1.82, 2.24) is 15.1 Å². The van der Waals surface area contributed by atoms with Gasteiger partial charge in [0.15, 0.2) is 0 Å². The van der Waals surface area contributed by atoms with Gasteiger partial charge in [0.2, 0.25) is 11.8 Å². The van der Waals surface area contributed by atoms with E-state index in [4.69, 9.17) is 14.2 Å². The zero-order valence-electron chi connectivity index (χ0n) is 33.7. The van der Waals surface area contributed by atoms with E-state index in [-0.39, 0.29) is 18.4 Å². The highest BCUT2D eigenvalue weighted by Crippen LogP contribution is 2.35. The molecule has 0 spiro atoms. The van der Waals surface area contributed by atoms with Gasteiger partial charge in [-0.05, 0) is 77.6 Å². The number of benzene rings is 2. The summed E-state index contributed by atoms with van der Waals surface area (Å²) in [5.41, 5.74) is 0.531. The maximum Gasteiger partial charge on any atom is 0.410 e. The predicted octanol–water partition coefficient (Wildman–Crippen LogP) is 7.40. The quantitative estimate of drug-likeness (QED) is 0.140. The number of likely N-dealkylation sites (N-methyl/N-ethyl adjacent to an activating group) is 2. The van der Waals surface area contributed by atoms with Crippen LogP contribution in [-0.2, 0) is 35.0 Å². The fourth-order valence-electron chi connectivity index (χ4n) is 5.95. The number of methoxy groups -OCH3 is 1. The first-order valence-corrected chi connectivity index (χ1v) is 18.8. The molecule has 11 heteroatoms. The van der Waals surface area contributed by atoms with Crippen molar-refractivity contribution in [2.45, 2.75) is 116 Å². The highest BCUT2D eigenvalue weighted by atomic mass is 32.2. The smallest absolute Gasteiger partial charge is 0.410 e. The number of hydrogen-bond donors (Lipinski definition) is 1. The number of thioether (sulfide) groups is 1. The molecule has 0 saturated carbocycles. The monoisotopic (exact) mass is 739 g/mol. The van der Waals surface area contributed by atoms with Gasteiger partial charge in [-0.15, -0.1) is 11.8 Å². The van der Waals surface area contributed by atoms with Crippen LogP contribution in [0, 0.1) is 5.92 Å². The number of amides is 3. The van der Waals surface area contributed by atoms with Crippen LogP contribution in [0.25, 0.3) is 0 Å². The summed E-state index contributed by atoms with van der Waals surface area (Å²) in [5, 5.41) is 3.12. The van der Waals surface area contributed by atoms with Crippen LogP contribution in [0.15, 0.2) is 66.2 Å². The molecular weight excluding hydrogens is 679 g/mol. The molecule has 0 aromatic heterocycles. The normalized spacial score (nSPS) is 14.2. The van der Waals surface area contributed by atoms with Crippen LogP contribution in [0.5, 0.6) is 5.75 Å². The van der Waals surface area contributed by atoms with Crippen LogP contribution in [0.3, 0.4) is 0 Å². The Morgan fingerprint density at radius 1 is 0.885 bits per heavy atom. The molecule has 0 fully saturated rings. The van der Waals surface area contributed by atoms with Gasteiger partial charge in [0.05, 0.1) is 19.8 Å². The molecule has 0 bridgehead atoms. The lowest BCUT2D eigenvalue weighted by molar-refractivity contribution is -0.140. The molecule has 2 rings (SSSR count). The molecular formula is C41H61N3O7S. The van der Waals surface area contributed by atoms with Crippen molar-refractivity contribution in [1.29, 1.82) is 0 Å². The van der Waals surface area contributed by atoms with Gasteiger partial charge in [0.25, 0.3) is 0 Å². The Labute approximate surface area is 316 Å². The van der Waals surface area contributed by atoms with E-state index in [1.54, 1.807) is 66.8 Å². The van der Waals surface area contributed by atoms with Crippen LogP contribution in [-0.4, -0.2) is 90.0 Å². The summed E-state index contributed by atoms with van der Waals surface area (Å²) in [6.45, 7) is 20.5. The Morgan fingerprint density at radius 2 is 1.46 bits per heavy atom. The van der Waals surface area contributed by atoms with E-state index in [2.05, 4.69) is 5.32 Å². The molecule has 0 heterocycles. The van der Waals surface area contributed by atoms with Crippen molar-refractivity contribution in [2.75, 3.05) is 27.8 Å². The van der Waals surface area contributed by atoms with Gasteiger partial charge in [-0.25, -0.2) is 9.59 Å². The number of nitrogens with zero attached hydrogens (tertiary/aromatic N) is 2. The van der Waals surface area contributed by atoms with Crippen molar-refractivity contribution in [3.05, 3.63) is 77.4 Å². The first-order valence-electron chi connectivity index (χ1n) is 17.8. The van der Waals surface area contributed by atoms with Gasteiger partial charge < -0.3 is 24.4 Å². The molecule has 10 nitrogen and oxygen atoms in total. The van der Waals surface area contributed by atoms with E-state index >= 15 is 0 Å². The third-order valence-corrected chi connectivity index (χ3v) is 10.5. The summed E-state index contributed by atoms with van der Waals surface area (Å²) in [7, 11) is 4.85. The van der Waals surface area contributed by atoms with Crippen LogP contribution in [0.4, 0.5) is 4.79 Å². The fourth-order valence-corrected chi connectivity index (χ4v) is 7.01. The van der Waals surface area contributed by atoms with Crippen molar-refractivity contribution >= 4 is 35.6 Å². The van der Waals surface area contributed by atoms with Crippen LogP contribution < -0.4 is 10.1 Å². The number of esters is 1. The number of ether oxygens (including phenoxy) is 3. The summed E-state index contributed by atoms with van der Waals surface area (Å²) in [6, 6.07) is 14.6. The molecule has 52 heavy (non-hydrogen) atoms. The van der Waals surface area contributed by atoms with Crippen LogP contribution in [0.1, 0.15) is 87.3 Å². The summed E-state index contributed by atoms with van der Waals surface area (Å²) in [6.07, 6.45) is 1.08. The van der Waals surface area contributed by atoms with Gasteiger partial charge >= 0.3 is 12.1 Å². The average Bonchev–Trinajstić information content (AvgIpc) is 3.07. The summed E-state index contributed by atoms with van der Waals surface area (Å²) in [4.78, 5) is 58.7. The van der Waals surface area contributed by atoms with Crippen molar-refractivity contribution in [3.8, 4) is 5.75 Å². The average molecular weight is 740 g/mol. The Hall–Kier alpha value is -3.99. The van der Waals surface area contributed by atoms with E-state index < -0.39 is 51.9 Å². The molecule has 3 amide bonds. The molecule has 1 N–H and O–H groups in total. The van der Waals surface area contributed by atoms with Gasteiger partial charge in [0.1, 0.15) is 23.4 Å². The number of hydrogen-bond acceptors (Lipinski definition) is 8. The number of carbonyl (C=O) groups excluding carboxylic acids is 4. The molecule has 0 aliphatic carbocycles. The standard InChI is InChI=1S/C41H61N3O7S/c1-15-50-37(47)28(4)25-32(27(2)3)43(12)36(46)33(41(10,11)52-26-29-21-23-31(49-14)24-22-29)42-35(45)34(44(13)38(48)51-39(5,6)7)40(8,9)30-19-17-16-18-20-30/h16-25,27,32-34H,15,26H2,1-14H3,(H,42,45)/b28-25+/t32-,33-,34-/m1/s1. The number of nitrogens with one attached hydrogen (secondary N) is 1. The Morgan fingerprint density at radius 3 is 1.96 bits per heavy atom. The lowest BCUT2D eigenvalue weighted by Crippen LogP contribution is -2.64. The Balaban J connectivity index is 2.68. The second-order valence-electron chi connectivity index (χ2n) is 15.5. The lowest BCUT2D eigenvalue weighted by atomic mass is 9.76. The molecule has 288 valence electrons. The lowest BCUT2D eigenvalue weighted by Gasteiger charge is -2.43. The highest BCUT2D eigenvalue weighted by Gasteiger charge is 2.47. The zero-order chi connectivity index (χ0) is 39.6. The van der Waals surface area contributed by atoms with E-state index in [9.17, 15) is 19.2 Å². The maximum atomic E-state index is 14.8. The van der Waals surface area contributed by atoms with Crippen molar-refractivity contribution in [3.63, 3.8) is 0 Å². The van der Waals surface area contributed by atoms with Gasteiger partial charge in [-0.2, -0.15) is 0 Å². The molecule has 0 unspecified atom stereocenters. The first kappa shape index (κ1) is 44.2. The minimum absolute atomic E-state index is 0.0761. The SMILES string of the molecule is CCOC(=O)/C(C)=C/[C@H](C(C)C)N(C)C(=O)[C@@H](NC(=O)[C@@H](N(C)C(=O)OC(C)(C)C)C(C)(C)c1ccccc1)C(C)(C)SCc1ccc(OC)cc1. The molecule has 2 aromatic rings. The second kappa shape index (κ2) is 18.7. The van der Waals surface area contributed by atoms with E-state index in [0.29, 0.717) is 11.3 Å². The highest BCUT2D eigenvalue weighted by molar-refractivity contribution is 7.99. The van der Waals surface area contributed by atoms with Crippen LogP contribution in [0.2, 0.25) is 0 Å². The van der Waals surface area contributed by atoms with Gasteiger partial charge in [-0.3, -0.25) is 14.5 Å². The third-order valence-electron chi connectivity index (χ3n) is 9.01. The summed E-state index contributed by atoms with van der Waals surface area (Å²) in [5.74, 6) is -0.0953. The Bertz CT molecular complexity index is 1530. The van der Waals surface area contributed by atoms with Gasteiger partial charge in [0, 0.05) is 35.6 Å². The summed E-state index contributed by atoms with van der Waals surface area (Å²) < 4.78 is 15.4. The molecule has 0 radical (unpaired) electrons. The minimum atomic E-state index is -1.07. The largest absolute Gasteiger partial charge is 0.497 e. The Kier molecular flexibility index (Phi) is 15.9. The zero-order valence-corrected chi connectivity index (χ0v) is 34.5. The van der Waals surface area contributed by atoms with E-state index in [0.717, 1.165) is 16.9 Å². The van der Waals surface area contributed by atoms with Crippen LogP contribution >= 0.6 is 11.8 Å². The van der Waals surface area contributed by atoms with E-state index in [1.165, 1.54) is 16.7 Å². The van der Waals surface area contributed by atoms with Crippen molar-refractivity contribution in [2.24, 2.45) is 5.92 Å². The maximum absolute atomic E-state index is 14.8.